The van der Waals surface area contributed by atoms with Crippen molar-refractivity contribution in [2.75, 3.05) is 0 Å². The fourth-order valence-corrected chi connectivity index (χ4v) is 3.68. The van der Waals surface area contributed by atoms with Crippen molar-refractivity contribution in [3.8, 4) is 0 Å². The molecule has 2 aromatic rings. The van der Waals surface area contributed by atoms with Crippen LogP contribution in [-0.2, 0) is 24.3 Å². The molecule has 0 radical (unpaired) electrons. The van der Waals surface area contributed by atoms with Crippen LogP contribution in [0, 0.1) is 5.92 Å². The van der Waals surface area contributed by atoms with Gasteiger partial charge in [0.2, 0.25) is 5.91 Å². The van der Waals surface area contributed by atoms with Crippen molar-refractivity contribution in [1.29, 1.82) is 0 Å². The highest BCUT2D eigenvalue weighted by molar-refractivity contribution is 5.80. The summed E-state index contributed by atoms with van der Waals surface area (Å²) in [4.78, 5) is 17.0. The summed E-state index contributed by atoms with van der Waals surface area (Å²) in [5, 5.41) is 3.05. The van der Waals surface area contributed by atoms with Crippen LogP contribution in [0.15, 0.2) is 42.7 Å². The molecule has 0 bridgehead atoms. The van der Waals surface area contributed by atoms with Gasteiger partial charge in [-0.25, -0.2) is 4.98 Å². The number of nitrogens with one attached hydrogen (secondary N) is 1. The normalized spacial score (nSPS) is 23.4. The van der Waals surface area contributed by atoms with Crippen molar-refractivity contribution >= 4 is 5.91 Å². The van der Waals surface area contributed by atoms with Gasteiger partial charge in [-0.05, 0) is 31.7 Å². The lowest BCUT2D eigenvalue weighted by molar-refractivity contribution is -0.128. The molecule has 1 amide bonds. The molecule has 0 aliphatic heterocycles. The van der Waals surface area contributed by atoms with E-state index in [0.717, 1.165) is 44.5 Å². The summed E-state index contributed by atoms with van der Waals surface area (Å²) in [6.45, 7) is 3.30. The van der Waals surface area contributed by atoms with E-state index >= 15 is 0 Å². The molecule has 1 fully saturated rings. The quantitative estimate of drug-likeness (QED) is 0.849. The van der Waals surface area contributed by atoms with Gasteiger partial charge in [-0.3, -0.25) is 4.79 Å². The van der Waals surface area contributed by atoms with Gasteiger partial charge in [-0.2, -0.15) is 0 Å². The summed E-state index contributed by atoms with van der Waals surface area (Å²) in [7, 11) is 0. The fraction of sp³-hybridized carbons (Fsp3) is 0.500. The van der Waals surface area contributed by atoms with E-state index in [1.165, 1.54) is 5.56 Å². The predicted molar refractivity (Wildman–Crippen MR) is 98.8 cm³/mol. The number of rotatable bonds is 6. The number of carbonyl (C=O) groups is 1. The van der Waals surface area contributed by atoms with E-state index in [1.54, 1.807) is 6.20 Å². The molecule has 25 heavy (non-hydrogen) atoms. The van der Waals surface area contributed by atoms with Gasteiger partial charge in [0.15, 0.2) is 0 Å². The largest absolute Gasteiger partial charge is 0.349 e. The van der Waals surface area contributed by atoms with Crippen LogP contribution in [0.5, 0.6) is 0 Å². The number of amides is 1. The Morgan fingerprint density at radius 2 is 2.16 bits per heavy atom. The molecule has 134 valence electrons. The summed E-state index contributed by atoms with van der Waals surface area (Å²) in [6, 6.07) is 10.4. The van der Waals surface area contributed by atoms with Crippen LogP contribution in [0.4, 0.5) is 0 Å². The molecule has 5 nitrogen and oxygen atoms in total. The zero-order valence-corrected chi connectivity index (χ0v) is 14.9. The number of nitrogens with zero attached hydrogens (tertiary/aromatic N) is 2. The minimum absolute atomic E-state index is 0.0577. The highest BCUT2D eigenvalue weighted by atomic mass is 16.1. The van der Waals surface area contributed by atoms with Gasteiger partial charge in [-0.15, -0.1) is 0 Å². The zero-order chi connectivity index (χ0) is 17.7. The van der Waals surface area contributed by atoms with Crippen LogP contribution < -0.4 is 11.1 Å². The molecule has 3 rings (SSSR count). The van der Waals surface area contributed by atoms with E-state index in [-0.39, 0.29) is 11.8 Å². The predicted octanol–water partition coefficient (Wildman–Crippen LogP) is 2.65. The number of aryl methyl sites for hydroxylation is 2. The maximum atomic E-state index is 12.6. The number of hydrogen-bond acceptors (Lipinski definition) is 3. The third-order valence-electron chi connectivity index (χ3n) is 5.28. The summed E-state index contributed by atoms with van der Waals surface area (Å²) >= 11 is 0. The number of imidazole rings is 1. The topological polar surface area (TPSA) is 72.9 Å². The molecule has 3 N–H and O–H groups in total. The summed E-state index contributed by atoms with van der Waals surface area (Å²) in [5.41, 5.74) is 7.23. The first-order valence-corrected chi connectivity index (χ1v) is 9.17. The Balaban J connectivity index is 1.55. The van der Waals surface area contributed by atoms with Crippen molar-refractivity contribution in [2.45, 2.75) is 57.7 Å². The number of nitrogens with two attached hydrogens (primary N) is 1. The summed E-state index contributed by atoms with van der Waals surface area (Å²) < 4.78 is 2.11. The molecular formula is C20H28N4O. The summed E-state index contributed by atoms with van der Waals surface area (Å²) in [6.07, 6.45) is 8.69. The van der Waals surface area contributed by atoms with Crippen molar-refractivity contribution in [3.63, 3.8) is 0 Å². The monoisotopic (exact) mass is 340 g/mol. The zero-order valence-electron chi connectivity index (χ0n) is 14.9. The highest BCUT2D eigenvalue weighted by Crippen LogP contribution is 2.31. The van der Waals surface area contributed by atoms with E-state index in [0.29, 0.717) is 6.54 Å². The molecule has 1 aromatic carbocycles. The van der Waals surface area contributed by atoms with Crippen molar-refractivity contribution in [3.05, 3.63) is 54.1 Å². The van der Waals surface area contributed by atoms with Crippen molar-refractivity contribution < 1.29 is 4.79 Å². The minimum atomic E-state index is -0.398. The Morgan fingerprint density at radius 3 is 2.92 bits per heavy atom. The van der Waals surface area contributed by atoms with Crippen LogP contribution in [0.3, 0.4) is 0 Å². The van der Waals surface area contributed by atoms with Gasteiger partial charge in [0.25, 0.3) is 0 Å². The van der Waals surface area contributed by atoms with E-state index in [4.69, 9.17) is 5.73 Å². The molecule has 1 saturated carbocycles. The third kappa shape index (κ3) is 4.48. The summed E-state index contributed by atoms with van der Waals surface area (Å²) in [5.74, 6) is 0.843. The standard InChI is InChI=1S/C20H28N4O/c1-20(21)11-6-5-9-17(20)19(25)23-15-18-22-12-14-24(18)13-10-16-7-3-2-4-8-16/h2-4,7-8,12,14,17H,5-6,9-11,13,15,21H2,1H3,(H,23,25). The Hall–Kier alpha value is -2.14. The van der Waals surface area contributed by atoms with Gasteiger partial charge in [0.1, 0.15) is 5.82 Å². The van der Waals surface area contributed by atoms with Crippen molar-refractivity contribution in [1.82, 2.24) is 14.9 Å². The lowest BCUT2D eigenvalue weighted by Crippen LogP contribution is -2.52. The molecule has 1 aromatic heterocycles. The molecule has 1 heterocycles. The highest BCUT2D eigenvalue weighted by Gasteiger charge is 2.37. The number of carbonyl (C=O) groups excluding carboxylic acids is 1. The average Bonchev–Trinajstić information content (AvgIpc) is 3.06. The second-order valence-corrected chi connectivity index (χ2v) is 7.29. The minimum Gasteiger partial charge on any atom is -0.349 e. The van der Waals surface area contributed by atoms with E-state index < -0.39 is 5.54 Å². The molecule has 2 atom stereocenters. The average molecular weight is 340 g/mol. The van der Waals surface area contributed by atoms with Gasteiger partial charge in [0.05, 0.1) is 12.5 Å². The number of hydrogen-bond donors (Lipinski definition) is 2. The lowest BCUT2D eigenvalue weighted by Gasteiger charge is -2.37. The van der Waals surface area contributed by atoms with Crippen molar-refractivity contribution in [2.24, 2.45) is 11.7 Å². The van der Waals surface area contributed by atoms with E-state index in [9.17, 15) is 4.79 Å². The van der Waals surface area contributed by atoms with Gasteiger partial charge < -0.3 is 15.6 Å². The number of aromatic nitrogens is 2. The molecule has 2 unspecified atom stereocenters. The Bertz CT molecular complexity index is 693. The Morgan fingerprint density at radius 1 is 1.36 bits per heavy atom. The number of benzene rings is 1. The lowest BCUT2D eigenvalue weighted by atomic mass is 9.74. The first-order chi connectivity index (χ1) is 12.1. The third-order valence-corrected chi connectivity index (χ3v) is 5.28. The SMILES string of the molecule is CC1(N)CCCCC1C(=O)NCc1nccn1CCc1ccccc1. The maximum Gasteiger partial charge on any atom is 0.225 e. The van der Waals surface area contributed by atoms with E-state index in [1.807, 2.05) is 19.2 Å². The van der Waals surface area contributed by atoms with Crippen LogP contribution in [0.25, 0.3) is 0 Å². The van der Waals surface area contributed by atoms with E-state index in [2.05, 4.69) is 39.1 Å². The van der Waals surface area contributed by atoms with Gasteiger partial charge in [0, 0.05) is 24.5 Å². The van der Waals surface area contributed by atoms with Crippen LogP contribution in [0.1, 0.15) is 44.0 Å². The molecule has 1 aliphatic rings. The fourth-order valence-electron chi connectivity index (χ4n) is 3.68. The van der Waals surface area contributed by atoms with Gasteiger partial charge >= 0.3 is 0 Å². The molecule has 0 saturated heterocycles. The molecule has 0 spiro atoms. The van der Waals surface area contributed by atoms with Gasteiger partial charge in [-0.1, -0.05) is 43.2 Å². The first kappa shape index (κ1) is 17.7. The second kappa shape index (κ2) is 7.83. The van der Waals surface area contributed by atoms with Crippen LogP contribution in [0.2, 0.25) is 0 Å². The molecule has 5 heteroatoms. The molecular weight excluding hydrogens is 312 g/mol. The Kier molecular flexibility index (Phi) is 5.53. The molecule has 1 aliphatic carbocycles. The van der Waals surface area contributed by atoms with Crippen LogP contribution in [-0.4, -0.2) is 21.0 Å². The second-order valence-electron chi connectivity index (χ2n) is 7.29. The smallest absolute Gasteiger partial charge is 0.225 e. The Labute approximate surface area is 149 Å². The first-order valence-electron chi connectivity index (χ1n) is 9.17. The maximum absolute atomic E-state index is 12.6. The van der Waals surface area contributed by atoms with Crippen LogP contribution >= 0.6 is 0 Å².